The molecule has 4 aromatic rings. The lowest BCUT2D eigenvalue weighted by Gasteiger charge is -2.24. The van der Waals surface area contributed by atoms with Gasteiger partial charge in [0.05, 0.1) is 17.0 Å². The first-order valence-corrected chi connectivity index (χ1v) is 10.0. The predicted molar refractivity (Wildman–Crippen MR) is 114 cm³/mol. The van der Waals surface area contributed by atoms with Crippen molar-refractivity contribution in [1.29, 1.82) is 0 Å². The summed E-state index contributed by atoms with van der Waals surface area (Å²) in [5.74, 6) is -0.648. The molecular weight excluding hydrogens is 451 g/mol. The van der Waals surface area contributed by atoms with Crippen LogP contribution in [0.3, 0.4) is 0 Å². The van der Waals surface area contributed by atoms with Gasteiger partial charge in [-0.3, -0.25) is 14.5 Å². The van der Waals surface area contributed by atoms with E-state index in [1.54, 1.807) is 12.3 Å². The van der Waals surface area contributed by atoms with E-state index >= 15 is 0 Å². The number of aromatic nitrogens is 1. The van der Waals surface area contributed by atoms with Gasteiger partial charge in [-0.1, -0.05) is 28.1 Å². The quantitative estimate of drug-likeness (QED) is 0.411. The number of benzene rings is 2. The molecule has 0 saturated heterocycles. The maximum atomic E-state index is 13.8. The molecule has 1 aliphatic rings. The molecule has 7 heteroatoms. The molecule has 5 nitrogen and oxygen atoms in total. The first kappa shape index (κ1) is 18.7. The Bertz CT molecular complexity index is 1400. The van der Waals surface area contributed by atoms with Crippen LogP contribution in [0, 0.1) is 12.7 Å². The predicted octanol–water partition coefficient (Wildman–Crippen LogP) is 5.15. The molecule has 0 spiro atoms. The molecule has 0 aliphatic carbocycles. The number of fused-ring (bicyclic) bond motifs is 2. The van der Waals surface area contributed by atoms with E-state index in [0.29, 0.717) is 11.4 Å². The molecule has 0 N–H and O–H groups in total. The van der Waals surface area contributed by atoms with Crippen molar-refractivity contribution >= 4 is 38.6 Å². The van der Waals surface area contributed by atoms with E-state index in [0.717, 1.165) is 16.1 Å². The Balaban J connectivity index is 1.84. The molecule has 1 atom stereocenters. The van der Waals surface area contributed by atoms with Gasteiger partial charge in [0.25, 0.3) is 5.91 Å². The lowest BCUT2D eigenvalue weighted by atomic mass is 9.98. The summed E-state index contributed by atoms with van der Waals surface area (Å²) >= 11 is 3.45. The van der Waals surface area contributed by atoms with Crippen LogP contribution in [0.5, 0.6) is 0 Å². The fraction of sp³-hybridized carbons (Fsp3) is 0.0870. The average molecular weight is 465 g/mol. The minimum Gasteiger partial charge on any atom is -0.450 e. The Morgan fingerprint density at radius 1 is 1.10 bits per heavy atom. The highest BCUT2D eigenvalue weighted by atomic mass is 79.9. The highest BCUT2D eigenvalue weighted by Gasteiger charge is 2.44. The van der Waals surface area contributed by atoms with Crippen LogP contribution in [0.15, 0.2) is 74.5 Å². The van der Waals surface area contributed by atoms with Gasteiger partial charge in [-0.25, -0.2) is 9.37 Å². The number of carbonyl (C=O) groups excluding carboxylic acids is 1. The average Bonchev–Trinajstić information content (AvgIpc) is 3.01. The number of carbonyl (C=O) groups is 1. The lowest BCUT2D eigenvalue weighted by Crippen LogP contribution is -2.30. The fourth-order valence-corrected chi connectivity index (χ4v) is 4.24. The first-order valence-electron chi connectivity index (χ1n) is 9.22. The van der Waals surface area contributed by atoms with E-state index in [1.807, 2.05) is 37.3 Å². The third-order valence-electron chi connectivity index (χ3n) is 5.14. The molecule has 1 amide bonds. The molecule has 5 rings (SSSR count). The third-order valence-corrected chi connectivity index (χ3v) is 5.64. The molecule has 0 bridgehead atoms. The van der Waals surface area contributed by atoms with Crippen LogP contribution < -0.4 is 10.3 Å². The highest BCUT2D eigenvalue weighted by molar-refractivity contribution is 9.10. The van der Waals surface area contributed by atoms with Gasteiger partial charge in [-0.15, -0.1) is 0 Å². The molecule has 0 radical (unpaired) electrons. The van der Waals surface area contributed by atoms with E-state index in [9.17, 15) is 14.0 Å². The van der Waals surface area contributed by atoms with Crippen LogP contribution in [-0.4, -0.2) is 10.9 Å². The molecule has 2 aromatic carbocycles. The second kappa shape index (κ2) is 6.88. The summed E-state index contributed by atoms with van der Waals surface area (Å²) in [6, 6.07) is 13.9. The molecule has 2 aromatic heterocycles. The maximum Gasteiger partial charge on any atom is 0.296 e. The van der Waals surface area contributed by atoms with Crippen LogP contribution in [0.2, 0.25) is 0 Å². The maximum absolute atomic E-state index is 13.8. The van der Waals surface area contributed by atoms with Crippen molar-refractivity contribution in [2.75, 3.05) is 4.90 Å². The molecular formula is C23H14BrFN2O3. The molecule has 0 saturated carbocycles. The van der Waals surface area contributed by atoms with Crippen LogP contribution in [-0.2, 0) is 0 Å². The highest BCUT2D eigenvalue weighted by Crippen LogP contribution is 2.41. The number of hydrogen-bond acceptors (Lipinski definition) is 4. The largest absolute Gasteiger partial charge is 0.450 e. The summed E-state index contributed by atoms with van der Waals surface area (Å²) < 4.78 is 20.4. The topological polar surface area (TPSA) is 63.4 Å². The smallest absolute Gasteiger partial charge is 0.296 e. The minimum atomic E-state index is -0.747. The summed E-state index contributed by atoms with van der Waals surface area (Å²) in [4.78, 5) is 32.6. The zero-order chi connectivity index (χ0) is 21.0. The number of aryl methyl sites for hydroxylation is 1. The summed E-state index contributed by atoms with van der Waals surface area (Å²) in [5.41, 5.74) is 1.55. The van der Waals surface area contributed by atoms with Gasteiger partial charge in [0, 0.05) is 10.7 Å². The zero-order valence-corrected chi connectivity index (χ0v) is 17.3. The van der Waals surface area contributed by atoms with Gasteiger partial charge in [0.15, 0.2) is 5.43 Å². The Hall–Kier alpha value is -3.32. The number of amides is 1. The summed E-state index contributed by atoms with van der Waals surface area (Å²) in [5, 5.41) is 0.0978. The Morgan fingerprint density at radius 3 is 2.70 bits per heavy atom. The van der Waals surface area contributed by atoms with Gasteiger partial charge in [0.1, 0.15) is 17.2 Å². The van der Waals surface area contributed by atoms with Gasteiger partial charge in [-0.2, -0.15) is 0 Å². The van der Waals surface area contributed by atoms with Crippen molar-refractivity contribution < 1.29 is 13.6 Å². The van der Waals surface area contributed by atoms with E-state index < -0.39 is 23.2 Å². The molecule has 148 valence electrons. The van der Waals surface area contributed by atoms with Gasteiger partial charge < -0.3 is 4.42 Å². The van der Waals surface area contributed by atoms with Gasteiger partial charge in [0.2, 0.25) is 5.76 Å². The van der Waals surface area contributed by atoms with Crippen LogP contribution in [0.25, 0.3) is 11.0 Å². The van der Waals surface area contributed by atoms with E-state index in [4.69, 9.17) is 4.42 Å². The van der Waals surface area contributed by atoms with Crippen molar-refractivity contribution in [3.63, 3.8) is 0 Å². The Labute approximate surface area is 178 Å². The van der Waals surface area contributed by atoms with Crippen LogP contribution in [0.1, 0.15) is 33.3 Å². The van der Waals surface area contributed by atoms with Gasteiger partial charge in [-0.05, 0) is 60.5 Å². The fourth-order valence-electron chi connectivity index (χ4n) is 3.83. The van der Waals surface area contributed by atoms with Crippen molar-refractivity contribution in [2.24, 2.45) is 0 Å². The summed E-state index contributed by atoms with van der Waals surface area (Å²) in [7, 11) is 0. The summed E-state index contributed by atoms with van der Waals surface area (Å²) in [6.07, 6.45) is 1.61. The monoisotopic (exact) mass is 464 g/mol. The molecule has 1 aliphatic heterocycles. The zero-order valence-electron chi connectivity index (χ0n) is 15.7. The molecule has 3 heterocycles. The van der Waals surface area contributed by atoms with Crippen molar-refractivity contribution in [1.82, 2.24) is 4.98 Å². The van der Waals surface area contributed by atoms with E-state index in [-0.39, 0.29) is 22.3 Å². The third kappa shape index (κ3) is 2.85. The standard InChI is InChI=1S/C23H14BrFN2O3/c1-12-7-8-26-18(9-12)27-20(13-3-2-4-14(24)10-13)19-21(28)16-11-15(25)5-6-17(16)30-22(19)23(27)29/h2-11,20H,1H3/t20-/m1/s1. The van der Waals surface area contributed by atoms with Crippen molar-refractivity contribution in [2.45, 2.75) is 13.0 Å². The Morgan fingerprint density at radius 2 is 1.93 bits per heavy atom. The SMILES string of the molecule is Cc1ccnc(N2C(=O)c3oc4ccc(F)cc4c(=O)c3[C@H]2c2cccc(Br)c2)c1. The number of halogens is 2. The number of hydrogen-bond donors (Lipinski definition) is 0. The second-order valence-corrected chi connectivity index (χ2v) is 8.05. The van der Waals surface area contributed by atoms with Crippen LogP contribution in [0.4, 0.5) is 10.2 Å². The number of nitrogens with zero attached hydrogens (tertiary/aromatic N) is 2. The van der Waals surface area contributed by atoms with Gasteiger partial charge >= 0.3 is 0 Å². The molecule has 30 heavy (non-hydrogen) atoms. The number of rotatable bonds is 2. The Kier molecular flexibility index (Phi) is 4.29. The number of anilines is 1. The van der Waals surface area contributed by atoms with Crippen molar-refractivity contribution in [3.8, 4) is 0 Å². The normalized spacial score (nSPS) is 15.6. The first-order chi connectivity index (χ1) is 14.4. The molecule has 0 fully saturated rings. The summed E-state index contributed by atoms with van der Waals surface area (Å²) in [6.45, 7) is 1.90. The van der Waals surface area contributed by atoms with Crippen molar-refractivity contribution in [3.05, 3.63) is 104 Å². The van der Waals surface area contributed by atoms with E-state index in [2.05, 4.69) is 20.9 Å². The van der Waals surface area contributed by atoms with Crippen LogP contribution >= 0.6 is 15.9 Å². The lowest BCUT2D eigenvalue weighted by molar-refractivity contribution is 0.0970. The molecule has 0 unspecified atom stereocenters. The minimum absolute atomic E-state index is 0.0487. The number of pyridine rings is 1. The van der Waals surface area contributed by atoms with E-state index in [1.165, 1.54) is 17.0 Å². The second-order valence-electron chi connectivity index (χ2n) is 7.14.